The van der Waals surface area contributed by atoms with E-state index < -0.39 is 27.0 Å². The van der Waals surface area contributed by atoms with Crippen molar-refractivity contribution < 1.29 is 12.8 Å². The molecule has 2 aromatic carbocycles. The largest absolute Gasteiger partial charge is 0.278 e. The van der Waals surface area contributed by atoms with Gasteiger partial charge in [0.1, 0.15) is 11.1 Å². The number of nitrogens with two attached hydrogens (primary N) is 1. The zero-order valence-electron chi connectivity index (χ0n) is 14.1. The van der Waals surface area contributed by atoms with E-state index in [9.17, 15) is 12.8 Å². The number of fused-ring (bicyclic) bond motifs is 1. The summed E-state index contributed by atoms with van der Waals surface area (Å²) in [7, 11) is -4.15. The number of H-pyrrole nitrogens is 1. The molecule has 0 saturated carbocycles. The van der Waals surface area contributed by atoms with Gasteiger partial charge < -0.3 is 0 Å². The maximum Gasteiger partial charge on any atom is 0.216 e. The molecule has 9 heteroatoms. The van der Waals surface area contributed by atoms with Crippen molar-refractivity contribution in [3.8, 4) is 6.07 Å². The Morgan fingerprint density at radius 3 is 2.74 bits per heavy atom. The summed E-state index contributed by atoms with van der Waals surface area (Å²) < 4.78 is 39.8. The van der Waals surface area contributed by atoms with Crippen LogP contribution in [0.3, 0.4) is 0 Å². The summed E-state index contributed by atoms with van der Waals surface area (Å²) >= 11 is 5.83. The molecular weight excluding hydrogens is 391 g/mol. The molecule has 0 saturated heterocycles. The van der Waals surface area contributed by atoms with E-state index in [-0.39, 0.29) is 23.4 Å². The molecule has 0 radical (unpaired) electrons. The van der Waals surface area contributed by atoms with Crippen LogP contribution in [-0.4, -0.2) is 18.6 Å². The fourth-order valence-corrected chi connectivity index (χ4v) is 4.79. The number of hydrogen-bond acceptors (Lipinski definition) is 4. The van der Waals surface area contributed by atoms with Crippen LogP contribution < -0.4 is 5.14 Å². The molecule has 0 spiro atoms. The van der Waals surface area contributed by atoms with Crippen LogP contribution in [0.1, 0.15) is 35.1 Å². The van der Waals surface area contributed by atoms with Gasteiger partial charge in [0.2, 0.25) is 10.0 Å². The summed E-state index contributed by atoms with van der Waals surface area (Å²) in [5, 5.41) is 20.9. The standard InChI is InChI=1S/C18H16ClFN4O2S/c19-12-6-7-13(16(20)9-12)14(5-2-8-21)18(27(22,25)26)15-4-1-3-11-10-23-24-17(11)15/h1,3-4,6-7,9-10,14,18H,2,5H2,(H,23,24)(H2,22,25,26). The molecule has 27 heavy (non-hydrogen) atoms. The van der Waals surface area contributed by atoms with Crippen molar-refractivity contribution >= 4 is 32.5 Å². The average molecular weight is 407 g/mol. The molecule has 0 aliphatic rings. The lowest BCUT2D eigenvalue weighted by Gasteiger charge is -2.26. The first-order valence-electron chi connectivity index (χ1n) is 8.08. The number of sulfonamides is 1. The maximum absolute atomic E-state index is 14.6. The lowest BCUT2D eigenvalue weighted by molar-refractivity contribution is 0.521. The van der Waals surface area contributed by atoms with Crippen molar-refractivity contribution in [2.75, 3.05) is 0 Å². The highest BCUT2D eigenvalue weighted by atomic mass is 35.5. The molecule has 2 unspecified atom stereocenters. The molecule has 0 amide bonds. The van der Waals surface area contributed by atoms with E-state index >= 15 is 0 Å². The first-order valence-corrected chi connectivity index (χ1v) is 10.1. The lowest BCUT2D eigenvalue weighted by atomic mass is 9.87. The third kappa shape index (κ3) is 3.95. The summed E-state index contributed by atoms with van der Waals surface area (Å²) in [5.41, 5.74) is 1.03. The zero-order valence-corrected chi connectivity index (χ0v) is 15.6. The summed E-state index contributed by atoms with van der Waals surface area (Å²) in [6.45, 7) is 0. The number of rotatable bonds is 6. The van der Waals surface area contributed by atoms with E-state index in [1.165, 1.54) is 12.1 Å². The van der Waals surface area contributed by atoms with Crippen molar-refractivity contribution in [3.05, 3.63) is 64.6 Å². The third-order valence-electron chi connectivity index (χ3n) is 4.46. The van der Waals surface area contributed by atoms with Gasteiger partial charge in [-0.2, -0.15) is 10.4 Å². The summed E-state index contributed by atoms with van der Waals surface area (Å²) in [4.78, 5) is 0. The zero-order chi connectivity index (χ0) is 19.6. The van der Waals surface area contributed by atoms with Crippen molar-refractivity contribution in [2.45, 2.75) is 24.0 Å². The molecule has 1 heterocycles. The fourth-order valence-electron chi connectivity index (χ4n) is 3.34. The molecule has 6 nitrogen and oxygen atoms in total. The number of benzene rings is 2. The van der Waals surface area contributed by atoms with Gasteiger partial charge in [0.05, 0.1) is 17.8 Å². The van der Waals surface area contributed by atoms with Crippen LogP contribution in [0.2, 0.25) is 5.02 Å². The summed E-state index contributed by atoms with van der Waals surface area (Å²) in [6.07, 6.45) is 1.71. The number of nitriles is 1. The van der Waals surface area contributed by atoms with Crippen LogP contribution in [0.5, 0.6) is 0 Å². The van der Waals surface area contributed by atoms with Crippen molar-refractivity contribution in [1.29, 1.82) is 5.26 Å². The molecule has 0 aliphatic carbocycles. The Morgan fingerprint density at radius 2 is 2.07 bits per heavy atom. The van der Waals surface area contributed by atoms with E-state index in [0.29, 0.717) is 16.5 Å². The highest BCUT2D eigenvalue weighted by Crippen LogP contribution is 2.42. The van der Waals surface area contributed by atoms with E-state index in [0.717, 1.165) is 6.07 Å². The number of aromatic amines is 1. The molecule has 0 aliphatic heterocycles. The summed E-state index contributed by atoms with van der Waals surface area (Å²) in [5.74, 6) is -1.51. The molecule has 140 valence electrons. The van der Waals surface area contributed by atoms with Crippen LogP contribution in [0.4, 0.5) is 4.39 Å². The number of para-hydroxylation sites is 1. The topological polar surface area (TPSA) is 113 Å². The number of aromatic nitrogens is 2. The highest BCUT2D eigenvalue weighted by molar-refractivity contribution is 7.89. The smallest absolute Gasteiger partial charge is 0.216 e. The molecule has 1 aromatic heterocycles. The Hall–Kier alpha value is -2.47. The van der Waals surface area contributed by atoms with Gasteiger partial charge in [-0.3, -0.25) is 5.10 Å². The van der Waals surface area contributed by atoms with Crippen LogP contribution >= 0.6 is 11.6 Å². The Labute approximate surface area is 160 Å². The first kappa shape index (κ1) is 19.3. The van der Waals surface area contributed by atoms with Gasteiger partial charge in [-0.15, -0.1) is 0 Å². The van der Waals surface area contributed by atoms with Crippen molar-refractivity contribution in [3.63, 3.8) is 0 Å². The van der Waals surface area contributed by atoms with Gasteiger partial charge in [0.15, 0.2) is 0 Å². The van der Waals surface area contributed by atoms with Gasteiger partial charge in [-0.25, -0.2) is 17.9 Å². The minimum atomic E-state index is -4.15. The number of nitrogens with zero attached hydrogens (tertiary/aromatic N) is 2. The highest BCUT2D eigenvalue weighted by Gasteiger charge is 2.36. The second-order valence-corrected chi connectivity index (χ2v) is 8.28. The van der Waals surface area contributed by atoms with E-state index in [1.54, 1.807) is 24.4 Å². The molecule has 3 N–H and O–H groups in total. The van der Waals surface area contributed by atoms with Gasteiger partial charge in [0.25, 0.3) is 0 Å². The Bertz CT molecular complexity index is 1120. The second-order valence-electron chi connectivity index (χ2n) is 6.16. The van der Waals surface area contributed by atoms with Crippen molar-refractivity contribution in [1.82, 2.24) is 10.2 Å². The minimum absolute atomic E-state index is 0.0394. The third-order valence-corrected chi connectivity index (χ3v) is 5.99. The monoisotopic (exact) mass is 406 g/mol. The Morgan fingerprint density at radius 1 is 1.30 bits per heavy atom. The van der Waals surface area contributed by atoms with E-state index in [1.807, 2.05) is 6.07 Å². The predicted octanol–water partition coefficient (Wildman–Crippen LogP) is 3.77. The quantitative estimate of drug-likeness (QED) is 0.648. The van der Waals surface area contributed by atoms with Gasteiger partial charge >= 0.3 is 0 Å². The second kappa shape index (κ2) is 7.64. The van der Waals surface area contributed by atoms with Gasteiger partial charge in [0, 0.05) is 22.7 Å². The Balaban J connectivity index is 2.24. The minimum Gasteiger partial charge on any atom is -0.278 e. The SMILES string of the molecule is N#CCCC(c1ccc(Cl)cc1F)C(c1cccc2cn[nH]c12)S(N)(=O)=O. The average Bonchev–Trinajstić information content (AvgIpc) is 3.07. The number of nitrogens with one attached hydrogen (secondary N) is 1. The van der Waals surface area contributed by atoms with Gasteiger partial charge in [-0.1, -0.05) is 35.9 Å². The fraction of sp³-hybridized carbons (Fsp3) is 0.222. The lowest BCUT2D eigenvalue weighted by Crippen LogP contribution is -2.28. The van der Waals surface area contributed by atoms with Crippen molar-refractivity contribution in [2.24, 2.45) is 5.14 Å². The normalized spacial score (nSPS) is 14.0. The molecule has 2 atom stereocenters. The first-order chi connectivity index (χ1) is 12.8. The Kier molecular flexibility index (Phi) is 5.46. The van der Waals surface area contributed by atoms with Crippen LogP contribution in [0, 0.1) is 17.1 Å². The molecule has 3 rings (SSSR count). The van der Waals surface area contributed by atoms with E-state index in [4.69, 9.17) is 22.0 Å². The van der Waals surface area contributed by atoms with Crippen LogP contribution in [0.15, 0.2) is 42.6 Å². The number of primary sulfonamides is 1. The number of halogens is 2. The molecular formula is C18H16ClFN4O2S. The number of hydrogen-bond donors (Lipinski definition) is 2. The van der Waals surface area contributed by atoms with E-state index in [2.05, 4.69) is 10.2 Å². The maximum atomic E-state index is 14.6. The molecule has 0 fully saturated rings. The van der Waals surface area contributed by atoms with Crippen LogP contribution in [-0.2, 0) is 10.0 Å². The summed E-state index contributed by atoms with van der Waals surface area (Å²) in [6, 6.07) is 11.1. The van der Waals surface area contributed by atoms with Gasteiger partial charge in [-0.05, 0) is 29.7 Å². The predicted molar refractivity (Wildman–Crippen MR) is 101 cm³/mol. The van der Waals surface area contributed by atoms with Crippen LogP contribution in [0.25, 0.3) is 10.9 Å². The molecule has 3 aromatic rings. The molecule has 0 bridgehead atoms.